The van der Waals surface area contributed by atoms with E-state index in [2.05, 4.69) is 36.5 Å². The quantitative estimate of drug-likeness (QED) is 0.767. The van der Waals surface area contributed by atoms with Crippen molar-refractivity contribution in [3.63, 3.8) is 0 Å². The van der Waals surface area contributed by atoms with Crippen LogP contribution in [0.5, 0.6) is 5.75 Å². The van der Waals surface area contributed by atoms with Crippen molar-refractivity contribution in [2.75, 3.05) is 19.8 Å². The van der Waals surface area contributed by atoms with Crippen LogP contribution in [0.1, 0.15) is 38.2 Å². The van der Waals surface area contributed by atoms with E-state index in [9.17, 15) is 0 Å². The molecule has 3 heteroatoms. The fourth-order valence-electron chi connectivity index (χ4n) is 2.20. The smallest absolute Gasteiger partial charge is 0.119 e. The van der Waals surface area contributed by atoms with Gasteiger partial charge in [0.05, 0.1) is 6.61 Å². The average molecular weight is 263 g/mol. The van der Waals surface area contributed by atoms with Crippen LogP contribution in [0.25, 0.3) is 0 Å². The molecule has 1 aromatic rings. The highest BCUT2D eigenvalue weighted by Gasteiger charge is 2.12. The van der Waals surface area contributed by atoms with E-state index < -0.39 is 0 Å². The van der Waals surface area contributed by atoms with Crippen molar-refractivity contribution < 1.29 is 9.47 Å². The summed E-state index contributed by atoms with van der Waals surface area (Å²) in [5, 5.41) is 3.59. The summed E-state index contributed by atoms with van der Waals surface area (Å²) in [6.45, 7) is 5.70. The van der Waals surface area contributed by atoms with Gasteiger partial charge in [-0.25, -0.2) is 0 Å². The molecule has 0 aromatic heterocycles. The Labute approximate surface area is 116 Å². The first-order valence-corrected chi connectivity index (χ1v) is 7.41. The molecule has 1 aromatic carbocycles. The molecule has 0 spiro atoms. The maximum absolute atomic E-state index is 5.66. The summed E-state index contributed by atoms with van der Waals surface area (Å²) in [7, 11) is 0. The molecule has 19 heavy (non-hydrogen) atoms. The van der Waals surface area contributed by atoms with Crippen molar-refractivity contribution in [2.24, 2.45) is 0 Å². The fourth-order valence-corrected chi connectivity index (χ4v) is 2.20. The highest BCUT2D eigenvalue weighted by molar-refractivity contribution is 5.27. The number of rotatable bonds is 7. The van der Waals surface area contributed by atoms with E-state index >= 15 is 0 Å². The van der Waals surface area contributed by atoms with Crippen molar-refractivity contribution in [3.8, 4) is 5.75 Å². The Morgan fingerprint density at radius 1 is 1.21 bits per heavy atom. The molecule has 1 fully saturated rings. The monoisotopic (exact) mass is 263 g/mol. The van der Waals surface area contributed by atoms with Gasteiger partial charge < -0.3 is 14.8 Å². The summed E-state index contributed by atoms with van der Waals surface area (Å²) in [5.41, 5.74) is 1.31. The molecule has 1 aliphatic rings. The van der Waals surface area contributed by atoms with Crippen LogP contribution in [-0.2, 0) is 11.3 Å². The van der Waals surface area contributed by atoms with Gasteiger partial charge in [-0.3, -0.25) is 0 Å². The number of hydrogen-bond acceptors (Lipinski definition) is 3. The van der Waals surface area contributed by atoms with Crippen LogP contribution >= 0.6 is 0 Å². The zero-order chi connectivity index (χ0) is 13.3. The zero-order valence-electron chi connectivity index (χ0n) is 11.9. The van der Waals surface area contributed by atoms with Crippen LogP contribution in [0.15, 0.2) is 24.3 Å². The van der Waals surface area contributed by atoms with Crippen LogP contribution < -0.4 is 10.1 Å². The van der Waals surface area contributed by atoms with Gasteiger partial charge in [0.25, 0.3) is 0 Å². The largest absolute Gasteiger partial charge is 0.494 e. The minimum Gasteiger partial charge on any atom is -0.494 e. The van der Waals surface area contributed by atoms with E-state index in [-0.39, 0.29) is 0 Å². The maximum atomic E-state index is 5.66. The van der Waals surface area contributed by atoms with Gasteiger partial charge in [-0.1, -0.05) is 25.5 Å². The lowest BCUT2D eigenvalue weighted by atomic mass is 10.1. The van der Waals surface area contributed by atoms with Crippen molar-refractivity contribution in [2.45, 2.75) is 45.2 Å². The minimum atomic E-state index is 0.606. The third-order valence-corrected chi connectivity index (χ3v) is 3.51. The second kappa shape index (κ2) is 8.18. The normalized spacial score (nSPS) is 16.5. The Balaban J connectivity index is 1.71. The molecule has 0 unspecified atom stereocenters. The molecule has 0 saturated carbocycles. The summed E-state index contributed by atoms with van der Waals surface area (Å²) in [5.74, 6) is 0.975. The van der Waals surface area contributed by atoms with Crippen LogP contribution in [0.3, 0.4) is 0 Å². The van der Waals surface area contributed by atoms with E-state index in [0.29, 0.717) is 6.04 Å². The average Bonchev–Trinajstić information content (AvgIpc) is 2.48. The molecule has 1 aliphatic heterocycles. The highest BCUT2D eigenvalue weighted by Crippen LogP contribution is 2.13. The van der Waals surface area contributed by atoms with Crippen LogP contribution in [0.4, 0.5) is 0 Å². The van der Waals surface area contributed by atoms with Gasteiger partial charge in [-0.2, -0.15) is 0 Å². The first-order chi connectivity index (χ1) is 9.38. The molecular weight excluding hydrogens is 238 g/mol. The molecule has 0 amide bonds. The second-order valence-corrected chi connectivity index (χ2v) is 5.11. The molecule has 0 radical (unpaired) electrons. The molecule has 0 aliphatic carbocycles. The van der Waals surface area contributed by atoms with E-state index in [4.69, 9.17) is 9.47 Å². The van der Waals surface area contributed by atoms with Crippen molar-refractivity contribution in [1.29, 1.82) is 0 Å². The van der Waals surface area contributed by atoms with E-state index in [1.165, 1.54) is 12.0 Å². The number of benzene rings is 1. The van der Waals surface area contributed by atoms with Crippen molar-refractivity contribution >= 4 is 0 Å². The van der Waals surface area contributed by atoms with Crippen LogP contribution in [-0.4, -0.2) is 25.9 Å². The molecule has 2 rings (SSSR count). The number of ether oxygens (including phenoxy) is 2. The summed E-state index contributed by atoms with van der Waals surface area (Å²) in [6, 6.07) is 9.03. The Morgan fingerprint density at radius 3 is 2.63 bits per heavy atom. The number of unbranched alkanes of at least 4 members (excludes halogenated alkanes) is 1. The summed E-state index contributed by atoms with van der Waals surface area (Å²) in [4.78, 5) is 0. The number of hydrogen-bond donors (Lipinski definition) is 1. The topological polar surface area (TPSA) is 30.5 Å². The maximum Gasteiger partial charge on any atom is 0.119 e. The minimum absolute atomic E-state index is 0.606. The van der Waals surface area contributed by atoms with Crippen molar-refractivity contribution in [1.82, 2.24) is 5.32 Å². The summed E-state index contributed by atoms with van der Waals surface area (Å²) in [6.07, 6.45) is 4.54. The van der Waals surface area contributed by atoms with Gasteiger partial charge in [-0.05, 0) is 37.0 Å². The number of nitrogens with one attached hydrogen (secondary N) is 1. The van der Waals surface area contributed by atoms with E-state index in [1.807, 2.05) is 0 Å². The Kier molecular flexibility index (Phi) is 6.18. The molecule has 1 heterocycles. The van der Waals surface area contributed by atoms with Gasteiger partial charge in [0.1, 0.15) is 5.75 Å². The molecule has 3 nitrogen and oxygen atoms in total. The third kappa shape index (κ3) is 5.21. The summed E-state index contributed by atoms with van der Waals surface area (Å²) < 4.78 is 11.0. The first-order valence-electron chi connectivity index (χ1n) is 7.41. The Morgan fingerprint density at radius 2 is 1.95 bits per heavy atom. The van der Waals surface area contributed by atoms with Crippen LogP contribution in [0.2, 0.25) is 0 Å². The molecule has 0 atom stereocenters. The van der Waals surface area contributed by atoms with Crippen molar-refractivity contribution in [3.05, 3.63) is 29.8 Å². The predicted octanol–water partition coefficient (Wildman–Crippen LogP) is 3.13. The molecular formula is C16H25NO2. The SMILES string of the molecule is CCCCOc1ccc(CNC2CCOCC2)cc1. The standard InChI is InChI=1S/C16H25NO2/c1-2-3-10-19-16-6-4-14(5-7-16)13-17-15-8-11-18-12-9-15/h4-7,15,17H,2-3,8-13H2,1H3. The van der Waals surface area contributed by atoms with E-state index in [0.717, 1.165) is 51.4 Å². The Hall–Kier alpha value is -1.06. The lowest BCUT2D eigenvalue weighted by Gasteiger charge is -2.23. The Bertz CT molecular complexity index is 344. The molecule has 1 N–H and O–H groups in total. The lowest BCUT2D eigenvalue weighted by molar-refractivity contribution is 0.0776. The van der Waals surface area contributed by atoms with Gasteiger partial charge >= 0.3 is 0 Å². The first kappa shape index (κ1) is 14.4. The third-order valence-electron chi connectivity index (χ3n) is 3.51. The lowest BCUT2D eigenvalue weighted by Crippen LogP contribution is -2.34. The van der Waals surface area contributed by atoms with Crippen LogP contribution in [0, 0.1) is 0 Å². The molecule has 1 saturated heterocycles. The predicted molar refractivity (Wildman–Crippen MR) is 77.5 cm³/mol. The van der Waals surface area contributed by atoms with Gasteiger partial charge in [0.15, 0.2) is 0 Å². The van der Waals surface area contributed by atoms with E-state index in [1.54, 1.807) is 0 Å². The van der Waals surface area contributed by atoms with Gasteiger partial charge in [0, 0.05) is 25.8 Å². The molecule has 106 valence electrons. The fraction of sp³-hybridized carbons (Fsp3) is 0.625. The second-order valence-electron chi connectivity index (χ2n) is 5.11. The van der Waals surface area contributed by atoms with Gasteiger partial charge in [0.2, 0.25) is 0 Å². The summed E-state index contributed by atoms with van der Waals surface area (Å²) >= 11 is 0. The molecule has 0 bridgehead atoms. The van der Waals surface area contributed by atoms with Gasteiger partial charge in [-0.15, -0.1) is 0 Å². The highest BCUT2D eigenvalue weighted by atomic mass is 16.5. The zero-order valence-corrected chi connectivity index (χ0v) is 11.9.